The van der Waals surface area contributed by atoms with Crippen molar-refractivity contribution >= 4 is 28.9 Å². The third-order valence-electron chi connectivity index (χ3n) is 3.61. The van der Waals surface area contributed by atoms with Crippen molar-refractivity contribution in [3.8, 4) is 11.6 Å². The molecule has 4 rings (SSSR count). The van der Waals surface area contributed by atoms with E-state index in [0.29, 0.717) is 34.6 Å². The van der Waals surface area contributed by atoms with Crippen LogP contribution in [-0.4, -0.2) is 30.7 Å². The summed E-state index contributed by atoms with van der Waals surface area (Å²) in [5, 5.41) is 16.8. The molecular formula is C18H15N7O2. The molecule has 134 valence electrons. The molecule has 1 amide bonds. The molecule has 3 heterocycles. The first-order valence-electron chi connectivity index (χ1n) is 8.04. The van der Waals surface area contributed by atoms with Gasteiger partial charge in [0.2, 0.25) is 17.7 Å². The average molecular weight is 361 g/mol. The third-order valence-corrected chi connectivity index (χ3v) is 3.61. The monoisotopic (exact) mass is 361 g/mol. The lowest BCUT2D eigenvalue weighted by Crippen LogP contribution is -2.07. The first kappa shape index (κ1) is 16.3. The molecule has 0 saturated heterocycles. The van der Waals surface area contributed by atoms with E-state index in [1.165, 1.54) is 6.08 Å². The van der Waals surface area contributed by atoms with Crippen molar-refractivity contribution < 1.29 is 9.53 Å². The van der Waals surface area contributed by atoms with E-state index in [1.54, 1.807) is 47.2 Å². The highest BCUT2D eigenvalue weighted by Crippen LogP contribution is 2.27. The Kier molecular flexibility index (Phi) is 4.24. The Balaban J connectivity index is 1.65. The molecule has 0 aliphatic carbocycles. The maximum atomic E-state index is 11.5. The minimum Gasteiger partial charge on any atom is -0.437 e. The van der Waals surface area contributed by atoms with Gasteiger partial charge in [-0.2, -0.15) is 10.1 Å². The number of carbonyl (C=O) groups excluding carboxylic acids is 1. The number of aromatic nitrogens is 5. The van der Waals surface area contributed by atoms with Gasteiger partial charge in [0.15, 0.2) is 0 Å². The Bertz CT molecular complexity index is 1100. The van der Waals surface area contributed by atoms with Gasteiger partial charge in [0.05, 0.1) is 6.20 Å². The average Bonchev–Trinajstić information content (AvgIpc) is 3.34. The van der Waals surface area contributed by atoms with Gasteiger partial charge in [-0.25, -0.2) is 4.52 Å². The number of nitrogens with zero attached hydrogens (tertiary/aromatic N) is 4. The van der Waals surface area contributed by atoms with E-state index in [-0.39, 0.29) is 5.91 Å². The highest BCUT2D eigenvalue weighted by molar-refractivity contribution is 5.98. The smallest absolute Gasteiger partial charge is 0.249 e. The standard InChI is InChI=1S/C18H15N7O2/c1-2-16(26)20-12-5-3-6-13(11-12)27-17-14-7-4-10-25(14)24-18(22-17)21-15-8-9-19-23-15/h2-11H,1H2,(H,20,26)(H2,19,21,23,24). The third kappa shape index (κ3) is 3.61. The molecule has 0 spiro atoms. The van der Waals surface area contributed by atoms with Crippen LogP contribution in [0.3, 0.4) is 0 Å². The zero-order chi connectivity index (χ0) is 18.6. The minimum absolute atomic E-state index is 0.297. The summed E-state index contributed by atoms with van der Waals surface area (Å²) in [7, 11) is 0. The molecule has 0 aliphatic heterocycles. The normalized spacial score (nSPS) is 10.5. The van der Waals surface area contributed by atoms with Crippen molar-refractivity contribution in [2.24, 2.45) is 0 Å². The van der Waals surface area contributed by atoms with Gasteiger partial charge in [-0.1, -0.05) is 12.6 Å². The lowest BCUT2D eigenvalue weighted by atomic mass is 10.3. The SMILES string of the molecule is C=CC(=O)Nc1cccc(Oc2nc(Nc3ccn[nH]3)nn3cccc23)c1. The molecule has 3 N–H and O–H groups in total. The van der Waals surface area contributed by atoms with Crippen LogP contribution < -0.4 is 15.4 Å². The number of amides is 1. The number of rotatable bonds is 6. The predicted octanol–water partition coefficient (Wildman–Crippen LogP) is 3.11. The van der Waals surface area contributed by atoms with E-state index in [2.05, 4.69) is 37.5 Å². The fourth-order valence-corrected chi connectivity index (χ4v) is 2.42. The van der Waals surface area contributed by atoms with Gasteiger partial charge < -0.3 is 15.4 Å². The number of carbonyl (C=O) groups is 1. The van der Waals surface area contributed by atoms with Gasteiger partial charge in [-0.15, -0.1) is 5.10 Å². The first-order chi connectivity index (χ1) is 13.2. The van der Waals surface area contributed by atoms with Crippen molar-refractivity contribution in [3.63, 3.8) is 0 Å². The topological polar surface area (TPSA) is 109 Å². The summed E-state index contributed by atoms with van der Waals surface area (Å²) in [4.78, 5) is 15.9. The second-order valence-electron chi connectivity index (χ2n) is 5.50. The maximum absolute atomic E-state index is 11.5. The molecule has 9 heteroatoms. The number of hydrogen-bond donors (Lipinski definition) is 3. The Morgan fingerprint density at radius 1 is 1.26 bits per heavy atom. The van der Waals surface area contributed by atoms with Crippen LogP contribution in [0.15, 0.2) is 67.5 Å². The molecule has 0 bridgehead atoms. The highest BCUT2D eigenvalue weighted by atomic mass is 16.5. The van der Waals surface area contributed by atoms with Gasteiger partial charge >= 0.3 is 0 Å². The van der Waals surface area contributed by atoms with Crippen LogP contribution in [0, 0.1) is 0 Å². The summed E-state index contributed by atoms with van der Waals surface area (Å²) in [5.41, 5.74) is 1.29. The van der Waals surface area contributed by atoms with Crippen LogP contribution in [0.1, 0.15) is 0 Å². The Hall–Kier alpha value is -4.14. The Labute approximate surface area is 153 Å². The molecule has 27 heavy (non-hydrogen) atoms. The lowest BCUT2D eigenvalue weighted by Gasteiger charge is -2.10. The summed E-state index contributed by atoms with van der Waals surface area (Å²) in [6.07, 6.45) is 4.62. The summed E-state index contributed by atoms with van der Waals surface area (Å²) in [6, 6.07) is 12.4. The number of benzene rings is 1. The van der Waals surface area contributed by atoms with Crippen molar-refractivity contribution in [1.82, 2.24) is 24.8 Å². The van der Waals surface area contributed by atoms with Crippen LogP contribution >= 0.6 is 0 Å². The fourth-order valence-electron chi connectivity index (χ4n) is 2.42. The quantitative estimate of drug-likeness (QED) is 0.455. The molecule has 0 aliphatic rings. The Morgan fingerprint density at radius 2 is 2.19 bits per heavy atom. The number of nitrogens with one attached hydrogen (secondary N) is 3. The molecule has 0 unspecified atom stereocenters. The van der Waals surface area contributed by atoms with Gasteiger partial charge in [-0.3, -0.25) is 9.89 Å². The van der Waals surface area contributed by atoms with Crippen LogP contribution in [0.2, 0.25) is 0 Å². The van der Waals surface area contributed by atoms with Crippen LogP contribution in [0.25, 0.3) is 5.52 Å². The van der Waals surface area contributed by atoms with Crippen molar-refractivity contribution in [2.75, 3.05) is 10.6 Å². The summed E-state index contributed by atoms with van der Waals surface area (Å²) in [6.45, 7) is 3.44. The summed E-state index contributed by atoms with van der Waals surface area (Å²) < 4.78 is 7.61. The van der Waals surface area contributed by atoms with Gasteiger partial charge in [0.1, 0.15) is 17.1 Å². The molecular weight excluding hydrogens is 346 g/mol. The zero-order valence-electron chi connectivity index (χ0n) is 14.1. The second kappa shape index (κ2) is 7.00. The number of H-pyrrole nitrogens is 1. The minimum atomic E-state index is -0.297. The predicted molar refractivity (Wildman–Crippen MR) is 100 cm³/mol. The summed E-state index contributed by atoms with van der Waals surface area (Å²) >= 11 is 0. The Morgan fingerprint density at radius 3 is 3.00 bits per heavy atom. The molecule has 4 aromatic rings. The molecule has 0 atom stereocenters. The van der Waals surface area contributed by atoms with E-state index >= 15 is 0 Å². The van der Waals surface area contributed by atoms with Gasteiger partial charge in [-0.05, 0) is 30.3 Å². The fraction of sp³-hybridized carbons (Fsp3) is 0. The summed E-state index contributed by atoms with van der Waals surface area (Å²) in [5.74, 6) is 1.58. The van der Waals surface area contributed by atoms with E-state index in [9.17, 15) is 4.79 Å². The molecule has 9 nitrogen and oxygen atoms in total. The lowest BCUT2D eigenvalue weighted by molar-refractivity contribution is -0.111. The van der Waals surface area contributed by atoms with Gasteiger partial charge in [0.25, 0.3) is 0 Å². The van der Waals surface area contributed by atoms with Crippen molar-refractivity contribution in [3.05, 3.63) is 67.5 Å². The second-order valence-corrected chi connectivity index (χ2v) is 5.50. The van der Waals surface area contributed by atoms with E-state index in [1.807, 2.05) is 12.1 Å². The maximum Gasteiger partial charge on any atom is 0.249 e. The molecule has 0 radical (unpaired) electrons. The van der Waals surface area contributed by atoms with E-state index in [0.717, 1.165) is 0 Å². The zero-order valence-corrected chi connectivity index (χ0v) is 14.1. The molecule has 0 saturated carbocycles. The van der Waals surface area contributed by atoms with Crippen LogP contribution in [-0.2, 0) is 4.79 Å². The van der Waals surface area contributed by atoms with Crippen molar-refractivity contribution in [2.45, 2.75) is 0 Å². The van der Waals surface area contributed by atoms with E-state index in [4.69, 9.17) is 4.74 Å². The molecule has 3 aromatic heterocycles. The first-order valence-corrected chi connectivity index (χ1v) is 8.04. The number of anilines is 3. The molecule has 1 aromatic carbocycles. The van der Waals surface area contributed by atoms with E-state index < -0.39 is 0 Å². The van der Waals surface area contributed by atoms with Crippen LogP contribution in [0.4, 0.5) is 17.5 Å². The van der Waals surface area contributed by atoms with Gasteiger partial charge in [0, 0.05) is 24.0 Å². The van der Waals surface area contributed by atoms with Crippen LogP contribution in [0.5, 0.6) is 11.6 Å². The largest absolute Gasteiger partial charge is 0.437 e. The highest BCUT2D eigenvalue weighted by Gasteiger charge is 2.11. The van der Waals surface area contributed by atoms with Crippen molar-refractivity contribution in [1.29, 1.82) is 0 Å². The number of aromatic amines is 1. The number of ether oxygens (including phenoxy) is 1. The number of fused-ring (bicyclic) bond motifs is 1. The number of hydrogen-bond acceptors (Lipinski definition) is 6. The molecule has 0 fully saturated rings.